The average molecular weight is 313 g/mol. The number of fused-ring (bicyclic) bond motifs is 4. The van der Waals surface area contributed by atoms with Crippen LogP contribution in [0.4, 0.5) is 0 Å². The van der Waals surface area contributed by atoms with Gasteiger partial charge in [-0.05, 0) is 25.7 Å². The molecule has 0 radical (unpaired) electrons. The number of nitriles is 1. The summed E-state index contributed by atoms with van der Waals surface area (Å²) in [6.45, 7) is 0.550. The molecule has 3 heterocycles. The zero-order valence-corrected chi connectivity index (χ0v) is 13.1. The third-order valence-electron chi connectivity index (χ3n) is 5.40. The summed E-state index contributed by atoms with van der Waals surface area (Å²) in [4.78, 5) is 19.2. The second kappa shape index (κ2) is 5.20. The Morgan fingerprint density at radius 2 is 2.26 bits per heavy atom. The van der Waals surface area contributed by atoms with E-state index in [0.717, 1.165) is 37.7 Å². The highest BCUT2D eigenvalue weighted by Crippen LogP contribution is 2.46. The van der Waals surface area contributed by atoms with Crippen LogP contribution in [0.25, 0.3) is 0 Å². The summed E-state index contributed by atoms with van der Waals surface area (Å²) in [5.74, 6) is 0.653. The van der Waals surface area contributed by atoms with Crippen LogP contribution in [0, 0.1) is 11.3 Å². The van der Waals surface area contributed by atoms with Gasteiger partial charge in [0, 0.05) is 31.5 Å². The van der Waals surface area contributed by atoms with E-state index in [1.807, 2.05) is 4.90 Å². The first kappa shape index (κ1) is 14.5. The minimum Gasteiger partial charge on any atom is -0.487 e. The fourth-order valence-electron chi connectivity index (χ4n) is 4.20. The van der Waals surface area contributed by atoms with E-state index in [0.29, 0.717) is 17.9 Å². The monoisotopic (exact) mass is 313 g/mol. The van der Waals surface area contributed by atoms with Gasteiger partial charge in [0.2, 0.25) is 0 Å². The van der Waals surface area contributed by atoms with Crippen LogP contribution in [0.5, 0.6) is 5.75 Å². The molecule has 2 fully saturated rings. The van der Waals surface area contributed by atoms with E-state index in [2.05, 4.69) is 11.1 Å². The minimum atomic E-state index is -0.683. The molecule has 23 heavy (non-hydrogen) atoms. The standard InChI is InChI=1S/C17H19N3O3/c1-22-17(4-2-3-5-17)16(21)20-10-12-6-14(20)13-9-19-8-11(7-18)15(13)23-12/h8-9,12,14H,2-6,10H2,1H3/t12-,14-/m0/s1. The van der Waals surface area contributed by atoms with Crippen molar-refractivity contribution in [1.82, 2.24) is 9.88 Å². The van der Waals surface area contributed by atoms with Crippen LogP contribution in [0.2, 0.25) is 0 Å². The molecule has 1 aromatic rings. The van der Waals surface area contributed by atoms with Crippen molar-refractivity contribution in [3.8, 4) is 11.8 Å². The molecule has 1 aromatic heterocycles. The van der Waals surface area contributed by atoms with Gasteiger partial charge in [-0.3, -0.25) is 9.78 Å². The van der Waals surface area contributed by atoms with E-state index in [9.17, 15) is 10.1 Å². The van der Waals surface area contributed by atoms with E-state index >= 15 is 0 Å². The molecule has 6 heteroatoms. The van der Waals surface area contributed by atoms with Crippen molar-refractivity contribution < 1.29 is 14.3 Å². The Balaban J connectivity index is 1.70. The van der Waals surface area contributed by atoms with Crippen molar-refractivity contribution in [3.05, 3.63) is 23.5 Å². The van der Waals surface area contributed by atoms with Gasteiger partial charge in [0.25, 0.3) is 5.91 Å². The first-order valence-corrected chi connectivity index (χ1v) is 8.09. The summed E-state index contributed by atoms with van der Waals surface area (Å²) in [7, 11) is 1.63. The number of amides is 1. The second-order valence-electron chi connectivity index (χ2n) is 6.57. The van der Waals surface area contributed by atoms with Gasteiger partial charge in [0.1, 0.15) is 29.1 Å². The first-order valence-electron chi connectivity index (χ1n) is 8.09. The molecule has 1 aliphatic carbocycles. The van der Waals surface area contributed by atoms with Crippen molar-refractivity contribution in [2.24, 2.45) is 0 Å². The van der Waals surface area contributed by atoms with E-state index in [4.69, 9.17) is 9.47 Å². The third kappa shape index (κ3) is 2.03. The number of hydrogen-bond donors (Lipinski definition) is 0. The number of aromatic nitrogens is 1. The van der Waals surface area contributed by atoms with Gasteiger partial charge in [0.15, 0.2) is 0 Å². The van der Waals surface area contributed by atoms with Gasteiger partial charge < -0.3 is 14.4 Å². The maximum atomic E-state index is 13.2. The zero-order chi connectivity index (χ0) is 16.0. The predicted molar refractivity (Wildman–Crippen MR) is 80.6 cm³/mol. The molecule has 2 aliphatic heterocycles. The molecule has 1 saturated carbocycles. The average Bonchev–Trinajstić information content (AvgIpc) is 3.20. The number of pyridine rings is 1. The van der Waals surface area contributed by atoms with Crippen molar-refractivity contribution in [2.45, 2.75) is 49.9 Å². The van der Waals surface area contributed by atoms with Gasteiger partial charge in [-0.2, -0.15) is 5.26 Å². The van der Waals surface area contributed by atoms with Crippen LogP contribution in [-0.4, -0.2) is 41.2 Å². The highest BCUT2D eigenvalue weighted by atomic mass is 16.5. The van der Waals surface area contributed by atoms with Crippen LogP contribution in [0.3, 0.4) is 0 Å². The molecule has 0 spiro atoms. The Bertz CT molecular complexity index is 691. The summed E-state index contributed by atoms with van der Waals surface area (Å²) >= 11 is 0. The van der Waals surface area contributed by atoms with Crippen LogP contribution >= 0.6 is 0 Å². The molecule has 1 saturated heterocycles. The quantitative estimate of drug-likeness (QED) is 0.834. The third-order valence-corrected chi connectivity index (χ3v) is 5.40. The van der Waals surface area contributed by atoms with Crippen molar-refractivity contribution in [2.75, 3.05) is 13.7 Å². The van der Waals surface area contributed by atoms with Gasteiger partial charge in [-0.15, -0.1) is 0 Å². The smallest absolute Gasteiger partial charge is 0.255 e. The van der Waals surface area contributed by atoms with E-state index in [1.165, 1.54) is 6.20 Å². The molecule has 4 rings (SSSR count). The Hall–Kier alpha value is -2.13. The highest BCUT2D eigenvalue weighted by molar-refractivity contribution is 5.86. The normalized spacial score (nSPS) is 27.2. The molecular formula is C17H19N3O3. The van der Waals surface area contributed by atoms with Crippen LogP contribution in [0.15, 0.2) is 12.4 Å². The molecule has 120 valence electrons. The lowest BCUT2D eigenvalue weighted by atomic mass is 9.96. The Morgan fingerprint density at radius 3 is 2.96 bits per heavy atom. The number of ether oxygens (including phenoxy) is 2. The lowest BCUT2D eigenvalue weighted by Gasteiger charge is -2.34. The van der Waals surface area contributed by atoms with Crippen molar-refractivity contribution in [1.29, 1.82) is 5.26 Å². The Kier molecular flexibility index (Phi) is 3.27. The maximum absolute atomic E-state index is 13.2. The molecule has 0 unspecified atom stereocenters. The number of rotatable bonds is 2. The first-order chi connectivity index (χ1) is 11.2. The second-order valence-corrected chi connectivity index (χ2v) is 6.57. The van der Waals surface area contributed by atoms with Gasteiger partial charge >= 0.3 is 0 Å². The van der Waals surface area contributed by atoms with Crippen LogP contribution in [-0.2, 0) is 9.53 Å². The van der Waals surface area contributed by atoms with Crippen molar-refractivity contribution in [3.63, 3.8) is 0 Å². The number of carbonyl (C=O) groups is 1. The molecule has 0 aromatic carbocycles. The number of hydrogen-bond acceptors (Lipinski definition) is 5. The van der Waals surface area contributed by atoms with Crippen molar-refractivity contribution >= 4 is 5.91 Å². The lowest BCUT2D eigenvalue weighted by Crippen LogP contribution is -2.48. The van der Waals surface area contributed by atoms with E-state index < -0.39 is 5.60 Å². The highest BCUT2D eigenvalue weighted by Gasteiger charge is 2.51. The molecule has 0 N–H and O–H groups in total. The predicted octanol–water partition coefficient (Wildman–Crippen LogP) is 1.95. The summed E-state index contributed by atoms with van der Waals surface area (Å²) in [6, 6.07) is 2.06. The SMILES string of the molecule is COC1(C(=O)N2C[C@@H]3C[C@H]2c2cncc(C#N)c2O3)CCCC1. The maximum Gasteiger partial charge on any atom is 0.255 e. The van der Waals surface area contributed by atoms with E-state index in [1.54, 1.807) is 13.3 Å². The lowest BCUT2D eigenvalue weighted by molar-refractivity contribution is -0.155. The Labute approximate surface area is 135 Å². The molecule has 6 nitrogen and oxygen atoms in total. The summed E-state index contributed by atoms with van der Waals surface area (Å²) in [5, 5.41) is 9.24. The molecular weight excluding hydrogens is 294 g/mol. The Morgan fingerprint density at radius 1 is 1.48 bits per heavy atom. The summed E-state index contributed by atoms with van der Waals surface area (Å²) in [5.41, 5.74) is 0.599. The number of nitrogens with zero attached hydrogens (tertiary/aromatic N) is 3. The largest absolute Gasteiger partial charge is 0.487 e. The number of likely N-dealkylation sites (tertiary alicyclic amines) is 1. The zero-order valence-electron chi connectivity index (χ0n) is 13.1. The molecule has 1 amide bonds. The number of carbonyl (C=O) groups excluding carboxylic acids is 1. The van der Waals surface area contributed by atoms with E-state index in [-0.39, 0.29) is 18.1 Å². The van der Waals surface area contributed by atoms with Gasteiger partial charge in [-0.25, -0.2) is 0 Å². The summed E-state index contributed by atoms with van der Waals surface area (Å²) < 4.78 is 11.6. The van der Waals surface area contributed by atoms with Gasteiger partial charge in [-0.1, -0.05) is 0 Å². The molecule has 3 aliphatic rings. The molecule has 2 bridgehead atoms. The van der Waals surface area contributed by atoms with Crippen LogP contribution in [0.1, 0.15) is 49.3 Å². The topological polar surface area (TPSA) is 75.5 Å². The number of methoxy groups -OCH3 is 1. The molecule has 2 atom stereocenters. The van der Waals surface area contributed by atoms with Crippen LogP contribution < -0.4 is 4.74 Å². The minimum absolute atomic E-state index is 0.0544. The fraction of sp³-hybridized carbons (Fsp3) is 0.588. The fourth-order valence-corrected chi connectivity index (χ4v) is 4.20. The summed E-state index contributed by atoms with van der Waals surface area (Å²) in [6.07, 6.45) is 7.54. The van der Waals surface area contributed by atoms with Gasteiger partial charge in [0.05, 0.1) is 12.6 Å².